The van der Waals surface area contributed by atoms with E-state index in [1.54, 1.807) is 0 Å². The molecule has 0 fully saturated rings. The highest BCUT2D eigenvalue weighted by Crippen LogP contribution is 2.24. The van der Waals surface area contributed by atoms with Crippen molar-refractivity contribution < 1.29 is 0 Å². The van der Waals surface area contributed by atoms with Crippen LogP contribution in [0.3, 0.4) is 0 Å². The Morgan fingerprint density at radius 2 is 1.75 bits per heavy atom. The third-order valence-electron chi connectivity index (χ3n) is 2.21. The molecule has 0 N–H and O–H groups in total. The summed E-state index contributed by atoms with van der Waals surface area (Å²) in [5.41, 5.74) is 0. The molecule has 0 aromatic carbocycles. The summed E-state index contributed by atoms with van der Waals surface area (Å²) < 4.78 is 0. The Balaban J connectivity index is 3.13. The smallest absolute Gasteiger partial charge is 0.0252 e. The largest absolute Gasteiger partial charge is 0.0642 e. The van der Waals surface area contributed by atoms with E-state index in [9.17, 15) is 0 Å². The average Bonchev–Trinajstić information content (AvgIpc) is 2.00. The minimum absolute atomic E-state index is 0.884. The molecule has 0 spiro atoms. The zero-order valence-electron chi connectivity index (χ0n) is 8.57. The van der Waals surface area contributed by atoms with Crippen LogP contribution in [0.2, 0.25) is 0 Å². The van der Waals surface area contributed by atoms with E-state index >= 15 is 0 Å². The molecule has 74 valence electrons. The fourth-order valence-corrected chi connectivity index (χ4v) is 2.61. The molecule has 0 nitrogen and oxygen atoms in total. The molecule has 0 heterocycles. The molecule has 0 aliphatic rings. The van der Waals surface area contributed by atoms with Gasteiger partial charge in [-0.05, 0) is 24.4 Å². The van der Waals surface area contributed by atoms with Crippen LogP contribution < -0.4 is 0 Å². The summed E-state index contributed by atoms with van der Waals surface area (Å²) in [6.07, 6.45) is 7.02. The molecule has 2 unspecified atom stereocenters. The Labute approximate surface area is 87.4 Å². The summed E-state index contributed by atoms with van der Waals surface area (Å²) >= 11 is 3.50. The Bertz CT molecular complexity index is 93.8. The zero-order chi connectivity index (χ0) is 9.40. The van der Waals surface area contributed by atoms with Crippen LogP contribution in [-0.2, 0) is 0 Å². The monoisotopic (exact) mass is 252 g/mol. The van der Waals surface area contributed by atoms with Crippen molar-refractivity contribution in [1.82, 2.24) is 0 Å². The molecule has 0 saturated heterocycles. The van der Waals surface area contributed by atoms with Gasteiger partial charge >= 0.3 is 0 Å². The van der Waals surface area contributed by atoms with Gasteiger partial charge in [0.25, 0.3) is 0 Å². The van der Waals surface area contributed by atoms with Gasteiger partial charge in [0.1, 0.15) is 0 Å². The van der Waals surface area contributed by atoms with Gasteiger partial charge in [0.2, 0.25) is 0 Å². The molecule has 0 amide bonds. The van der Waals surface area contributed by atoms with E-state index in [4.69, 9.17) is 0 Å². The molecule has 0 aromatic rings. The first-order chi connectivity index (χ1) is 5.66. The Hall–Kier alpha value is 0.910. The maximum atomic E-state index is 3.50. The molecule has 0 aromatic heterocycles. The first-order valence-electron chi connectivity index (χ1n) is 5.00. The molecule has 12 heavy (non-hydrogen) atoms. The summed E-state index contributed by atoms with van der Waals surface area (Å²) in [6.45, 7) is 7.00. The van der Waals surface area contributed by atoms with E-state index in [0.717, 1.165) is 19.1 Å². The van der Waals surface area contributed by atoms with Crippen molar-refractivity contribution in [2.75, 3.05) is 6.16 Å². The van der Waals surface area contributed by atoms with Crippen LogP contribution in [0.15, 0.2) is 0 Å². The molecule has 0 saturated carbocycles. The number of hydrogen-bond donors (Lipinski definition) is 0. The van der Waals surface area contributed by atoms with Crippen molar-refractivity contribution in [2.45, 2.75) is 46.5 Å². The van der Waals surface area contributed by atoms with Gasteiger partial charge in [-0.3, -0.25) is 0 Å². The normalized spacial score (nSPS) is 14.8. The Morgan fingerprint density at radius 1 is 1.08 bits per heavy atom. The third kappa shape index (κ3) is 9.00. The molecular weight excluding hydrogens is 231 g/mol. The van der Waals surface area contributed by atoms with E-state index in [1.807, 2.05) is 0 Å². The number of halogens is 1. The highest BCUT2D eigenvalue weighted by Gasteiger charge is 2.02. The second-order valence-electron chi connectivity index (χ2n) is 4.10. The number of rotatable bonds is 7. The fourth-order valence-electron chi connectivity index (χ4n) is 1.32. The molecule has 0 aliphatic carbocycles. The summed E-state index contributed by atoms with van der Waals surface area (Å²) in [6, 6.07) is 0. The van der Waals surface area contributed by atoms with Crippen molar-refractivity contribution >= 4 is 22.8 Å². The van der Waals surface area contributed by atoms with Gasteiger partial charge in [0.15, 0.2) is 0 Å². The summed E-state index contributed by atoms with van der Waals surface area (Å²) in [5.74, 6) is 1.82. The highest BCUT2D eigenvalue weighted by atomic mass is 79.9. The molecule has 0 rings (SSSR count). The van der Waals surface area contributed by atoms with Gasteiger partial charge in [-0.2, -0.15) is 0 Å². The average molecular weight is 253 g/mol. The van der Waals surface area contributed by atoms with Gasteiger partial charge in [-0.25, -0.2) is 0 Å². The van der Waals surface area contributed by atoms with E-state index < -0.39 is 0 Å². The highest BCUT2D eigenvalue weighted by molar-refractivity contribution is 9.36. The molecular formula is C10H22BrP. The van der Waals surface area contributed by atoms with Crippen LogP contribution in [0, 0.1) is 11.8 Å². The standard InChI is InChI=1S/C10H22BrP/c1-9(2)5-4-6-10(3)7-8-12-11/h9-10,12H,4-8H2,1-3H3. The van der Waals surface area contributed by atoms with Crippen LogP contribution in [0.5, 0.6) is 0 Å². The van der Waals surface area contributed by atoms with Crippen LogP contribution in [0.1, 0.15) is 46.5 Å². The van der Waals surface area contributed by atoms with E-state index in [-0.39, 0.29) is 0 Å². The summed E-state index contributed by atoms with van der Waals surface area (Å²) in [5, 5.41) is 0. The van der Waals surface area contributed by atoms with E-state index in [0.29, 0.717) is 0 Å². The number of hydrogen-bond acceptors (Lipinski definition) is 0. The summed E-state index contributed by atoms with van der Waals surface area (Å²) in [4.78, 5) is 0. The lowest BCUT2D eigenvalue weighted by molar-refractivity contribution is 0.451. The van der Waals surface area contributed by atoms with Crippen LogP contribution in [0.4, 0.5) is 0 Å². The third-order valence-corrected chi connectivity index (χ3v) is 3.88. The second kappa shape index (κ2) is 8.51. The van der Waals surface area contributed by atoms with Gasteiger partial charge < -0.3 is 0 Å². The lowest BCUT2D eigenvalue weighted by Crippen LogP contribution is -1.97. The quantitative estimate of drug-likeness (QED) is 0.570. The SMILES string of the molecule is CC(C)CCCC(C)CCPBr. The lowest BCUT2D eigenvalue weighted by Gasteiger charge is -2.10. The van der Waals surface area contributed by atoms with Gasteiger partial charge in [0.05, 0.1) is 0 Å². The van der Waals surface area contributed by atoms with Gasteiger partial charge in [-0.15, -0.1) is 0 Å². The fraction of sp³-hybridized carbons (Fsp3) is 1.00. The minimum atomic E-state index is 0.884. The van der Waals surface area contributed by atoms with Crippen molar-refractivity contribution in [2.24, 2.45) is 11.8 Å². The summed E-state index contributed by atoms with van der Waals surface area (Å²) in [7, 11) is 0.963. The predicted molar refractivity (Wildman–Crippen MR) is 64.6 cm³/mol. The lowest BCUT2D eigenvalue weighted by atomic mass is 9.98. The zero-order valence-corrected chi connectivity index (χ0v) is 11.2. The molecule has 2 heteroatoms. The van der Waals surface area contributed by atoms with Crippen LogP contribution in [-0.4, -0.2) is 6.16 Å². The Kier molecular flexibility index (Phi) is 9.15. The molecule has 2 atom stereocenters. The minimum Gasteiger partial charge on any atom is -0.0642 e. The maximum absolute atomic E-state index is 3.50. The van der Waals surface area contributed by atoms with Crippen molar-refractivity contribution in [3.63, 3.8) is 0 Å². The first kappa shape index (κ1) is 12.9. The van der Waals surface area contributed by atoms with E-state index in [2.05, 4.69) is 36.3 Å². The maximum Gasteiger partial charge on any atom is -0.0252 e. The second-order valence-corrected chi connectivity index (χ2v) is 6.55. The molecule has 0 aliphatic heterocycles. The van der Waals surface area contributed by atoms with E-state index in [1.165, 1.54) is 31.8 Å². The van der Waals surface area contributed by atoms with Gasteiger partial charge in [0, 0.05) is 0 Å². The van der Waals surface area contributed by atoms with Crippen LogP contribution >= 0.6 is 22.8 Å². The topological polar surface area (TPSA) is 0 Å². The predicted octanol–water partition coefficient (Wildman–Crippen LogP) is 4.83. The van der Waals surface area contributed by atoms with Gasteiger partial charge in [-0.1, -0.05) is 62.8 Å². The first-order valence-corrected chi connectivity index (χ1v) is 8.46. The van der Waals surface area contributed by atoms with Crippen molar-refractivity contribution in [1.29, 1.82) is 0 Å². The van der Waals surface area contributed by atoms with Crippen molar-refractivity contribution in [3.8, 4) is 0 Å². The van der Waals surface area contributed by atoms with Crippen LogP contribution in [0.25, 0.3) is 0 Å². The van der Waals surface area contributed by atoms with Crippen molar-refractivity contribution in [3.05, 3.63) is 0 Å². The Morgan fingerprint density at radius 3 is 2.25 bits per heavy atom. The molecule has 0 bridgehead atoms. The molecule has 0 radical (unpaired) electrons.